The maximum Gasteiger partial charge on any atom is 0.216 e. The number of carbonyl (C=O) groups excluding carboxylic acids is 1. The van der Waals surface area contributed by atoms with Gasteiger partial charge < -0.3 is 4.74 Å². The molecular weight excluding hydrogens is 228 g/mol. The van der Waals surface area contributed by atoms with Crippen LogP contribution in [0.15, 0.2) is 12.4 Å². The van der Waals surface area contributed by atoms with Crippen LogP contribution in [0, 0.1) is 5.92 Å². The first-order valence-electron chi connectivity index (χ1n) is 6.60. The minimum atomic E-state index is 0.0821. The Hall–Kier alpha value is -1.45. The summed E-state index contributed by atoms with van der Waals surface area (Å²) in [5.74, 6) is 0.979. The van der Waals surface area contributed by atoms with E-state index >= 15 is 0 Å². The molecule has 0 saturated heterocycles. The maximum atomic E-state index is 12.1. The van der Waals surface area contributed by atoms with Gasteiger partial charge in [-0.1, -0.05) is 39.5 Å². The molecule has 0 aliphatic rings. The zero-order chi connectivity index (χ0) is 13.4. The number of Topliss-reactive ketones (excluding diaryl/α,β-unsaturated/α-hetero) is 1. The number of ketones is 1. The lowest BCUT2D eigenvalue weighted by atomic mass is 9.93. The molecule has 1 unspecified atom stereocenters. The summed E-state index contributed by atoms with van der Waals surface area (Å²) >= 11 is 0. The third-order valence-electron chi connectivity index (χ3n) is 3.15. The van der Waals surface area contributed by atoms with E-state index in [2.05, 4.69) is 23.8 Å². The van der Waals surface area contributed by atoms with Gasteiger partial charge >= 0.3 is 0 Å². The number of aromatic nitrogens is 2. The van der Waals surface area contributed by atoms with Crippen molar-refractivity contribution in [3.63, 3.8) is 0 Å². The lowest BCUT2D eigenvalue weighted by molar-refractivity contribution is 0.0951. The van der Waals surface area contributed by atoms with Crippen molar-refractivity contribution in [2.45, 2.75) is 46.0 Å². The average Bonchev–Trinajstić information content (AvgIpc) is 2.43. The molecule has 0 spiro atoms. The zero-order valence-electron chi connectivity index (χ0n) is 11.5. The number of nitrogens with zero attached hydrogens (tertiary/aromatic N) is 2. The molecular formula is C14H22N2O2. The predicted molar refractivity (Wildman–Crippen MR) is 70.8 cm³/mol. The van der Waals surface area contributed by atoms with E-state index in [1.165, 1.54) is 26.3 Å². The largest absolute Gasteiger partial charge is 0.481 e. The van der Waals surface area contributed by atoms with E-state index in [9.17, 15) is 4.79 Å². The van der Waals surface area contributed by atoms with Gasteiger partial charge in [-0.05, 0) is 5.92 Å². The van der Waals surface area contributed by atoms with E-state index < -0.39 is 0 Å². The van der Waals surface area contributed by atoms with Gasteiger partial charge in [0.25, 0.3) is 0 Å². The molecule has 0 radical (unpaired) electrons. The topological polar surface area (TPSA) is 52.1 Å². The molecule has 1 atom stereocenters. The normalized spacial score (nSPS) is 12.2. The van der Waals surface area contributed by atoms with Gasteiger partial charge in [-0.2, -0.15) is 0 Å². The molecule has 4 heteroatoms. The van der Waals surface area contributed by atoms with Crippen molar-refractivity contribution in [2.75, 3.05) is 7.11 Å². The molecule has 0 aliphatic heterocycles. The molecule has 0 aliphatic carbocycles. The number of unbranched alkanes of at least 4 members (excludes halogenated alkanes) is 1. The molecule has 0 amide bonds. The summed E-state index contributed by atoms with van der Waals surface area (Å²) in [5.41, 5.74) is 0.455. The molecule has 1 rings (SSSR count). The van der Waals surface area contributed by atoms with Crippen LogP contribution in [0.25, 0.3) is 0 Å². The van der Waals surface area contributed by atoms with Crippen molar-refractivity contribution in [3.05, 3.63) is 18.1 Å². The number of ether oxygens (including phenoxy) is 1. The van der Waals surface area contributed by atoms with Crippen LogP contribution in [0.5, 0.6) is 5.88 Å². The van der Waals surface area contributed by atoms with E-state index in [0.717, 1.165) is 12.8 Å². The Labute approximate surface area is 109 Å². The Morgan fingerprint density at radius 3 is 2.78 bits per heavy atom. The van der Waals surface area contributed by atoms with Crippen molar-refractivity contribution in [2.24, 2.45) is 5.92 Å². The summed E-state index contributed by atoms with van der Waals surface area (Å²) in [6.07, 6.45) is 6.44. The molecule has 0 N–H and O–H groups in total. The molecule has 18 heavy (non-hydrogen) atoms. The summed E-state index contributed by atoms with van der Waals surface area (Å²) < 4.78 is 5.00. The SMILES string of the molecule is CCCCC(CC)CC(=O)c1cc(OC)ncn1. The zero-order valence-corrected chi connectivity index (χ0v) is 11.5. The molecule has 1 aromatic heterocycles. The van der Waals surface area contributed by atoms with Crippen LogP contribution in [0.2, 0.25) is 0 Å². The smallest absolute Gasteiger partial charge is 0.216 e. The van der Waals surface area contributed by atoms with Crippen LogP contribution in [-0.4, -0.2) is 22.9 Å². The third-order valence-corrected chi connectivity index (χ3v) is 3.15. The van der Waals surface area contributed by atoms with Gasteiger partial charge in [0.1, 0.15) is 12.0 Å². The lowest BCUT2D eigenvalue weighted by Gasteiger charge is -2.13. The molecule has 100 valence electrons. The molecule has 0 aromatic carbocycles. The minimum absolute atomic E-state index is 0.0821. The lowest BCUT2D eigenvalue weighted by Crippen LogP contribution is -2.10. The highest BCUT2D eigenvalue weighted by atomic mass is 16.5. The fourth-order valence-corrected chi connectivity index (χ4v) is 1.91. The first-order valence-corrected chi connectivity index (χ1v) is 6.60. The van der Waals surface area contributed by atoms with Crippen molar-refractivity contribution in [1.29, 1.82) is 0 Å². The predicted octanol–water partition coefficient (Wildman–Crippen LogP) is 3.27. The van der Waals surface area contributed by atoms with E-state index in [4.69, 9.17) is 4.74 Å². The summed E-state index contributed by atoms with van der Waals surface area (Å²) in [6, 6.07) is 1.61. The third kappa shape index (κ3) is 4.43. The number of methoxy groups -OCH3 is 1. The van der Waals surface area contributed by atoms with Gasteiger partial charge in [0.2, 0.25) is 5.88 Å². The van der Waals surface area contributed by atoms with Gasteiger partial charge in [-0.25, -0.2) is 9.97 Å². The summed E-state index contributed by atoms with van der Waals surface area (Å²) in [4.78, 5) is 20.0. The molecule has 0 bridgehead atoms. The Bertz CT molecular complexity index is 380. The molecule has 1 aromatic rings. The van der Waals surface area contributed by atoms with Crippen LogP contribution in [0.1, 0.15) is 56.4 Å². The van der Waals surface area contributed by atoms with Gasteiger partial charge in [0, 0.05) is 12.5 Å². The van der Waals surface area contributed by atoms with Crippen molar-refractivity contribution >= 4 is 5.78 Å². The van der Waals surface area contributed by atoms with Crippen molar-refractivity contribution in [1.82, 2.24) is 9.97 Å². The highest BCUT2D eigenvalue weighted by Crippen LogP contribution is 2.19. The first kappa shape index (κ1) is 14.6. The van der Waals surface area contributed by atoms with E-state index in [1.807, 2.05) is 0 Å². The van der Waals surface area contributed by atoms with Crippen molar-refractivity contribution in [3.8, 4) is 5.88 Å². The van der Waals surface area contributed by atoms with E-state index in [-0.39, 0.29) is 5.78 Å². The van der Waals surface area contributed by atoms with Gasteiger partial charge in [-0.3, -0.25) is 4.79 Å². The fourth-order valence-electron chi connectivity index (χ4n) is 1.91. The van der Waals surface area contributed by atoms with Crippen LogP contribution < -0.4 is 4.74 Å². The Balaban J connectivity index is 2.62. The van der Waals surface area contributed by atoms with Crippen LogP contribution in [0.4, 0.5) is 0 Å². The number of hydrogen-bond acceptors (Lipinski definition) is 4. The van der Waals surface area contributed by atoms with Crippen LogP contribution in [0.3, 0.4) is 0 Å². The quantitative estimate of drug-likeness (QED) is 0.664. The summed E-state index contributed by atoms with van der Waals surface area (Å²) in [6.45, 7) is 4.30. The molecule has 0 saturated carbocycles. The highest BCUT2D eigenvalue weighted by molar-refractivity contribution is 5.94. The van der Waals surface area contributed by atoms with E-state index in [0.29, 0.717) is 23.9 Å². The monoisotopic (exact) mass is 250 g/mol. The Morgan fingerprint density at radius 2 is 2.17 bits per heavy atom. The van der Waals surface area contributed by atoms with Crippen molar-refractivity contribution < 1.29 is 9.53 Å². The molecule has 4 nitrogen and oxygen atoms in total. The Kier molecular flexibility index (Phi) is 6.33. The second kappa shape index (κ2) is 7.80. The summed E-state index contributed by atoms with van der Waals surface area (Å²) in [7, 11) is 1.53. The highest BCUT2D eigenvalue weighted by Gasteiger charge is 2.15. The number of rotatable bonds is 8. The Morgan fingerprint density at radius 1 is 1.39 bits per heavy atom. The summed E-state index contributed by atoms with van der Waals surface area (Å²) in [5, 5.41) is 0. The number of carbonyl (C=O) groups is 1. The van der Waals surface area contributed by atoms with Gasteiger partial charge in [0.15, 0.2) is 5.78 Å². The molecule has 1 heterocycles. The minimum Gasteiger partial charge on any atom is -0.481 e. The second-order valence-electron chi connectivity index (χ2n) is 4.49. The number of hydrogen-bond donors (Lipinski definition) is 0. The molecule has 0 fully saturated rings. The second-order valence-corrected chi connectivity index (χ2v) is 4.49. The van der Waals surface area contributed by atoms with Gasteiger partial charge in [0.05, 0.1) is 7.11 Å². The van der Waals surface area contributed by atoms with Crippen LogP contribution >= 0.6 is 0 Å². The van der Waals surface area contributed by atoms with Gasteiger partial charge in [-0.15, -0.1) is 0 Å². The van der Waals surface area contributed by atoms with Crippen LogP contribution in [-0.2, 0) is 0 Å². The first-order chi connectivity index (χ1) is 8.71. The van der Waals surface area contributed by atoms with E-state index in [1.54, 1.807) is 6.07 Å². The fraction of sp³-hybridized carbons (Fsp3) is 0.643. The average molecular weight is 250 g/mol. The maximum absolute atomic E-state index is 12.1. The standard InChI is InChI=1S/C14H22N2O2/c1-4-6-7-11(5-2)8-13(17)12-9-14(18-3)16-10-15-12/h9-11H,4-8H2,1-3H3.